The van der Waals surface area contributed by atoms with Gasteiger partial charge in [-0.25, -0.2) is 9.18 Å². The van der Waals surface area contributed by atoms with Crippen molar-refractivity contribution in [3.05, 3.63) is 23.5 Å². The number of benzene rings is 1. The van der Waals surface area contributed by atoms with Crippen LogP contribution in [-0.2, 0) is 10.6 Å². The van der Waals surface area contributed by atoms with Crippen LogP contribution in [0.4, 0.5) is 14.9 Å². The van der Waals surface area contributed by atoms with Crippen molar-refractivity contribution in [3.8, 4) is 5.75 Å². The van der Waals surface area contributed by atoms with Gasteiger partial charge < -0.3 is 19.3 Å². The first-order valence-electron chi connectivity index (χ1n) is 7.90. The fraction of sp³-hybridized carbons (Fsp3) is 0.588. The van der Waals surface area contributed by atoms with Gasteiger partial charge >= 0.3 is 6.09 Å². The van der Waals surface area contributed by atoms with Crippen molar-refractivity contribution in [1.82, 2.24) is 4.90 Å². The summed E-state index contributed by atoms with van der Waals surface area (Å²) in [6, 6.07) is 3.07. The van der Waals surface area contributed by atoms with Gasteiger partial charge in [0.15, 0.2) is 0 Å². The fourth-order valence-electron chi connectivity index (χ4n) is 2.58. The van der Waals surface area contributed by atoms with E-state index in [0.717, 1.165) is 0 Å². The van der Waals surface area contributed by atoms with Crippen LogP contribution in [0.25, 0.3) is 0 Å². The Morgan fingerprint density at radius 2 is 1.88 bits per heavy atom. The SMILES string of the molecule is COc1cc(N2CCN(C(=O)OC(C)(C)C)CC2)c(F)cc1CCl. The van der Waals surface area contributed by atoms with E-state index in [9.17, 15) is 9.18 Å². The highest BCUT2D eigenvalue weighted by atomic mass is 35.5. The van der Waals surface area contributed by atoms with Crippen LogP contribution >= 0.6 is 11.6 Å². The zero-order valence-electron chi connectivity index (χ0n) is 14.6. The number of hydrogen-bond acceptors (Lipinski definition) is 4. The molecule has 0 unspecified atom stereocenters. The summed E-state index contributed by atoms with van der Waals surface area (Å²) in [4.78, 5) is 15.6. The van der Waals surface area contributed by atoms with E-state index >= 15 is 0 Å². The smallest absolute Gasteiger partial charge is 0.410 e. The molecule has 5 nitrogen and oxygen atoms in total. The van der Waals surface area contributed by atoms with Crippen LogP contribution < -0.4 is 9.64 Å². The van der Waals surface area contributed by atoms with Crippen LogP contribution in [0, 0.1) is 5.82 Å². The second-order valence-corrected chi connectivity index (χ2v) is 6.97. The Labute approximate surface area is 147 Å². The maximum absolute atomic E-state index is 14.4. The Bertz CT molecular complexity index is 596. The predicted molar refractivity (Wildman–Crippen MR) is 92.5 cm³/mol. The highest BCUT2D eigenvalue weighted by molar-refractivity contribution is 6.17. The summed E-state index contributed by atoms with van der Waals surface area (Å²) in [6.07, 6.45) is -0.335. The Kier molecular flexibility index (Phi) is 5.80. The Balaban J connectivity index is 2.06. The summed E-state index contributed by atoms with van der Waals surface area (Å²) < 4.78 is 25.0. The lowest BCUT2D eigenvalue weighted by Gasteiger charge is -2.37. The molecular weight excluding hydrogens is 335 g/mol. The molecule has 1 aliphatic heterocycles. The van der Waals surface area contributed by atoms with Gasteiger partial charge in [-0.05, 0) is 26.8 Å². The zero-order valence-corrected chi connectivity index (χ0v) is 15.3. The van der Waals surface area contributed by atoms with Crippen molar-refractivity contribution in [2.24, 2.45) is 0 Å². The number of hydrogen-bond donors (Lipinski definition) is 0. The van der Waals surface area contributed by atoms with E-state index in [2.05, 4.69) is 0 Å². The van der Waals surface area contributed by atoms with Crippen molar-refractivity contribution in [2.75, 3.05) is 38.2 Å². The lowest BCUT2D eigenvalue weighted by Crippen LogP contribution is -2.50. The average molecular weight is 359 g/mol. The molecule has 1 heterocycles. The molecule has 0 bridgehead atoms. The lowest BCUT2D eigenvalue weighted by molar-refractivity contribution is 0.0240. The molecule has 134 valence electrons. The normalized spacial score (nSPS) is 15.4. The third kappa shape index (κ3) is 4.44. The fourth-order valence-corrected chi connectivity index (χ4v) is 2.79. The second-order valence-electron chi connectivity index (χ2n) is 6.70. The summed E-state index contributed by atoms with van der Waals surface area (Å²) in [5.74, 6) is 0.417. The van der Waals surface area contributed by atoms with Gasteiger partial charge in [-0.1, -0.05) is 0 Å². The van der Waals surface area contributed by atoms with Crippen molar-refractivity contribution >= 4 is 23.4 Å². The van der Waals surface area contributed by atoms with Gasteiger partial charge in [-0.2, -0.15) is 0 Å². The van der Waals surface area contributed by atoms with Crippen LogP contribution in [-0.4, -0.2) is 49.9 Å². The first-order valence-corrected chi connectivity index (χ1v) is 8.44. The first kappa shape index (κ1) is 18.6. The van der Waals surface area contributed by atoms with Gasteiger partial charge in [0.1, 0.15) is 17.2 Å². The molecule has 0 N–H and O–H groups in total. The number of anilines is 1. The minimum Gasteiger partial charge on any atom is -0.496 e. The Morgan fingerprint density at radius 3 is 2.38 bits per heavy atom. The highest BCUT2D eigenvalue weighted by Gasteiger charge is 2.27. The maximum atomic E-state index is 14.4. The van der Waals surface area contributed by atoms with Gasteiger partial charge in [-0.15, -0.1) is 11.6 Å². The van der Waals surface area contributed by atoms with E-state index in [1.807, 2.05) is 25.7 Å². The number of halogens is 2. The van der Waals surface area contributed by atoms with E-state index < -0.39 is 5.60 Å². The molecule has 0 radical (unpaired) electrons. The summed E-state index contributed by atoms with van der Waals surface area (Å²) in [5.41, 5.74) is 0.558. The number of carbonyl (C=O) groups excluding carboxylic acids is 1. The number of rotatable bonds is 3. The van der Waals surface area contributed by atoms with Gasteiger partial charge in [0.05, 0.1) is 18.7 Å². The molecule has 1 amide bonds. The third-order valence-electron chi connectivity index (χ3n) is 3.77. The number of carbonyl (C=O) groups is 1. The number of nitrogens with zero attached hydrogens (tertiary/aromatic N) is 2. The monoisotopic (exact) mass is 358 g/mol. The summed E-state index contributed by atoms with van der Waals surface area (Å²) in [6.45, 7) is 7.52. The molecule has 2 rings (SSSR count). The predicted octanol–water partition coefficient (Wildman–Crippen LogP) is 3.63. The number of alkyl halides is 1. The van der Waals surface area contributed by atoms with E-state index in [1.165, 1.54) is 13.2 Å². The summed E-state index contributed by atoms with van der Waals surface area (Å²) in [5, 5.41) is 0. The zero-order chi connectivity index (χ0) is 17.9. The summed E-state index contributed by atoms with van der Waals surface area (Å²) >= 11 is 5.81. The van der Waals surface area contributed by atoms with Crippen LogP contribution in [0.3, 0.4) is 0 Å². The molecule has 1 aliphatic rings. The average Bonchev–Trinajstić information content (AvgIpc) is 2.53. The molecule has 0 spiro atoms. The van der Waals surface area contributed by atoms with Crippen LogP contribution in [0.15, 0.2) is 12.1 Å². The topological polar surface area (TPSA) is 42.0 Å². The largest absolute Gasteiger partial charge is 0.496 e. The van der Waals surface area contributed by atoms with Crippen molar-refractivity contribution in [1.29, 1.82) is 0 Å². The molecule has 1 fully saturated rings. The molecular formula is C17H24ClFN2O3. The Hall–Kier alpha value is -1.69. The molecule has 0 aromatic heterocycles. The van der Waals surface area contributed by atoms with E-state index in [0.29, 0.717) is 43.2 Å². The lowest BCUT2D eigenvalue weighted by atomic mass is 10.1. The standard InChI is InChI=1S/C17H24ClFN2O3/c1-17(2,3)24-16(22)21-7-5-20(6-8-21)14-10-15(23-4)12(11-18)9-13(14)19/h9-10H,5-8,11H2,1-4H3. The van der Waals surface area contributed by atoms with E-state index in [4.69, 9.17) is 21.1 Å². The number of methoxy groups -OCH3 is 1. The minimum atomic E-state index is -0.523. The molecule has 1 aromatic rings. The molecule has 24 heavy (non-hydrogen) atoms. The molecule has 7 heteroatoms. The summed E-state index contributed by atoms with van der Waals surface area (Å²) in [7, 11) is 1.54. The number of amides is 1. The van der Waals surface area contributed by atoms with Crippen LogP contribution in [0.2, 0.25) is 0 Å². The van der Waals surface area contributed by atoms with Gasteiger partial charge in [-0.3, -0.25) is 0 Å². The maximum Gasteiger partial charge on any atom is 0.410 e. The quantitative estimate of drug-likeness (QED) is 0.774. The van der Waals surface area contributed by atoms with E-state index in [1.54, 1.807) is 11.0 Å². The second kappa shape index (κ2) is 7.47. The number of piperazine rings is 1. The van der Waals surface area contributed by atoms with Gasteiger partial charge in [0.2, 0.25) is 0 Å². The van der Waals surface area contributed by atoms with Gasteiger partial charge in [0.25, 0.3) is 0 Å². The molecule has 0 aliphatic carbocycles. The molecule has 1 aromatic carbocycles. The molecule has 1 saturated heterocycles. The van der Waals surface area contributed by atoms with E-state index in [-0.39, 0.29) is 17.8 Å². The highest BCUT2D eigenvalue weighted by Crippen LogP contribution is 2.30. The third-order valence-corrected chi connectivity index (χ3v) is 4.05. The molecule has 0 atom stereocenters. The minimum absolute atomic E-state index is 0.187. The molecule has 0 saturated carbocycles. The first-order chi connectivity index (χ1) is 11.2. The van der Waals surface area contributed by atoms with Crippen molar-refractivity contribution in [2.45, 2.75) is 32.3 Å². The van der Waals surface area contributed by atoms with Gasteiger partial charge in [0, 0.05) is 37.8 Å². The van der Waals surface area contributed by atoms with Crippen LogP contribution in [0.1, 0.15) is 26.3 Å². The van der Waals surface area contributed by atoms with Crippen molar-refractivity contribution in [3.63, 3.8) is 0 Å². The number of ether oxygens (including phenoxy) is 2. The van der Waals surface area contributed by atoms with Crippen molar-refractivity contribution < 1.29 is 18.7 Å². The van der Waals surface area contributed by atoms with Crippen LogP contribution in [0.5, 0.6) is 5.75 Å². The Morgan fingerprint density at radius 1 is 1.25 bits per heavy atom.